The van der Waals surface area contributed by atoms with Crippen LogP contribution in [0.15, 0.2) is 42.6 Å². The molecule has 4 rings (SSSR count). The summed E-state index contributed by atoms with van der Waals surface area (Å²) < 4.78 is 5.72. The van der Waals surface area contributed by atoms with E-state index in [0.29, 0.717) is 0 Å². The second-order valence-electron chi connectivity index (χ2n) is 6.29. The molecule has 3 heteroatoms. The van der Waals surface area contributed by atoms with Crippen molar-refractivity contribution in [3.05, 3.63) is 48.3 Å². The Bertz CT molecular complexity index is 611. The fourth-order valence-electron chi connectivity index (χ4n) is 4.22. The van der Waals surface area contributed by atoms with Crippen LogP contribution in [-0.2, 0) is 9.53 Å². The largest absolute Gasteiger partial charge is 0.457 e. The van der Waals surface area contributed by atoms with Gasteiger partial charge in [-0.1, -0.05) is 37.5 Å². The second kappa shape index (κ2) is 4.83. The van der Waals surface area contributed by atoms with Crippen molar-refractivity contribution in [1.29, 1.82) is 0 Å². The van der Waals surface area contributed by atoms with Gasteiger partial charge in [-0.15, -0.1) is 0 Å². The molecule has 1 aromatic rings. The minimum absolute atomic E-state index is 0.00517. The topological polar surface area (TPSA) is 39.2 Å². The lowest BCUT2D eigenvalue weighted by molar-refractivity contribution is -0.149. The molecule has 2 aliphatic carbocycles. The Kier molecular flexibility index (Phi) is 2.95. The molecule has 2 heterocycles. The van der Waals surface area contributed by atoms with Gasteiger partial charge in [-0.3, -0.25) is 9.78 Å². The first-order valence-electron chi connectivity index (χ1n) is 7.82. The third-order valence-corrected chi connectivity index (χ3v) is 5.19. The maximum absolute atomic E-state index is 12.6. The Morgan fingerprint density at radius 2 is 2.05 bits per heavy atom. The fourth-order valence-corrected chi connectivity index (χ4v) is 4.22. The van der Waals surface area contributed by atoms with Crippen LogP contribution in [0.1, 0.15) is 37.8 Å². The molecule has 3 aliphatic rings. The standard InChI is InChI=1S/C18H19NO2/c20-17-18(10-3-1-4-11-18)16-13(7-6-9-15(16)21-17)14-8-2-5-12-19-14/h2,5-9,12,15-16H,1,3-4,10-11H2/t15-,16+/m0/s1. The number of aromatic nitrogens is 1. The summed E-state index contributed by atoms with van der Waals surface area (Å²) >= 11 is 0. The summed E-state index contributed by atoms with van der Waals surface area (Å²) in [5.41, 5.74) is 1.81. The van der Waals surface area contributed by atoms with Crippen LogP contribution in [0.5, 0.6) is 0 Å². The molecule has 1 aliphatic heterocycles. The monoisotopic (exact) mass is 281 g/mol. The van der Waals surface area contributed by atoms with Crippen LogP contribution in [0.4, 0.5) is 0 Å². The van der Waals surface area contributed by atoms with Crippen molar-refractivity contribution in [2.75, 3.05) is 0 Å². The number of rotatable bonds is 1. The molecule has 1 saturated carbocycles. The molecule has 0 amide bonds. The molecule has 0 aromatic carbocycles. The molecule has 1 aromatic heterocycles. The van der Waals surface area contributed by atoms with Crippen LogP contribution in [-0.4, -0.2) is 17.1 Å². The molecule has 0 bridgehead atoms. The average Bonchev–Trinajstić information content (AvgIpc) is 2.81. The van der Waals surface area contributed by atoms with E-state index in [2.05, 4.69) is 11.1 Å². The summed E-state index contributed by atoms with van der Waals surface area (Å²) in [6, 6.07) is 5.95. The lowest BCUT2D eigenvalue weighted by atomic mass is 9.62. The first kappa shape index (κ1) is 12.8. The molecule has 1 spiro atoms. The highest BCUT2D eigenvalue weighted by Gasteiger charge is 2.58. The lowest BCUT2D eigenvalue weighted by Crippen LogP contribution is -2.38. The minimum Gasteiger partial charge on any atom is -0.457 e. The maximum atomic E-state index is 12.6. The zero-order chi connectivity index (χ0) is 14.3. The van der Waals surface area contributed by atoms with E-state index < -0.39 is 0 Å². The van der Waals surface area contributed by atoms with Crippen molar-refractivity contribution >= 4 is 11.5 Å². The van der Waals surface area contributed by atoms with Crippen LogP contribution < -0.4 is 0 Å². The molecule has 0 N–H and O–H groups in total. The van der Waals surface area contributed by atoms with E-state index in [1.54, 1.807) is 0 Å². The molecule has 0 radical (unpaired) electrons. The molecule has 2 atom stereocenters. The van der Waals surface area contributed by atoms with Crippen LogP contribution in [0, 0.1) is 11.3 Å². The predicted molar refractivity (Wildman–Crippen MR) is 80.2 cm³/mol. The second-order valence-corrected chi connectivity index (χ2v) is 6.29. The summed E-state index contributed by atoms with van der Waals surface area (Å²) in [6.07, 6.45) is 13.2. The molecule has 21 heavy (non-hydrogen) atoms. The SMILES string of the molecule is O=C1O[C@H]2C=CC=C(c3ccccn3)[C@H]2C12CCCCC2. The number of carbonyl (C=O) groups excluding carboxylic acids is 1. The first-order chi connectivity index (χ1) is 10.3. The van der Waals surface area contributed by atoms with Gasteiger partial charge in [-0.25, -0.2) is 0 Å². The number of ether oxygens (including phenoxy) is 1. The number of hydrogen-bond donors (Lipinski definition) is 0. The van der Waals surface area contributed by atoms with Gasteiger partial charge in [-0.05, 0) is 36.6 Å². The number of hydrogen-bond acceptors (Lipinski definition) is 3. The normalized spacial score (nSPS) is 29.9. The zero-order valence-corrected chi connectivity index (χ0v) is 12.0. The highest BCUT2D eigenvalue weighted by atomic mass is 16.6. The Hall–Kier alpha value is -1.90. The highest BCUT2D eigenvalue weighted by Crippen LogP contribution is 2.55. The molecule has 108 valence electrons. The minimum atomic E-state index is -0.322. The number of pyridine rings is 1. The third kappa shape index (κ3) is 1.87. The van der Waals surface area contributed by atoms with E-state index in [-0.39, 0.29) is 23.4 Å². The van der Waals surface area contributed by atoms with E-state index in [1.165, 1.54) is 6.42 Å². The molecular formula is C18H19NO2. The smallest absolute Gasteiger partial charge is 0.313 e. The van der Waals surface area contributed by atoms with Gasteiger partial charge in [0.1, 0.15) is 6.10 Å². The quantitative estimate of drug-likeness (QED) is 0.739. The number of fused-ring (bicyclic) bond motifs is 2. The average molecular weight is 281 g/mol. The van der Waals surface area contributed by atoms with Crippen molar-refractivity contribution in [3.8, 4) is 0 Å². The van der Waals surface area contributed by atoms with Crippen molar-refractivity contribution in [1.82, 2.24) is 4.98 Å². The van der Waals surface area contributed by atoms with Gasteiger partial charge < -0.3 is 4.74 Å². The number of allylic oxidation sites excluding steroid dienone is 2. The van der Waals surface area contributed by atoms with E-state index in [1.807, 2.05) is 36.5 Å². The highest BCUT2D eigenvalue weighted by molar-refractivity contribution is 5.86. The molecule has 3 nitrogen and oxygen atoms in total. The summed E-state index contributed by atoms with van der Waals surface area (Å²) in [5, 5.41) is 0. The van der Waals surface area contributed by atoms with Gasteiger partial charge >= 0.3 is 5.97 Å². The number of esters is 1. The summed E-state index contributed by atoms with van der Waals surface area (Å²) in [6.45, 7) is 0. The van der Waals surface area contributed by atoms with Crippen molar-refractivity contribution in [2.24, 2.45) is 11.3 Å². The van der Waals surface area contributed by atoms with Crippen molar-refractivity contribution in [2.45, 2.75) is 38.2 Å². The van der Waals surface area contributed by atoms with E-state index >= 15 is 0 Å². The Morgan fingerprint density at radius 1 is 1.19 bits per heavy atom. The number of carbonyl (C=O) groups is 1. The van der Waals surface area contributed by atoms with Gasteiger partial charge in [0, 0.05) is 12.1 Å². The Labute approximate surface area is 124 Å². The van der Waals surface area contributed by atoms with Crippen molar-refractivity contribution < 1.29 is 9.53 Å². The zero-order valence-electron chi connectivity index (χ0n) is 12.0. The van der Waals surface area contributed by atoms with Crippen LogP contribution in [0.25, 0.3) is 5.57 Å². The predicted octanol–water partition coefficient (Wildman–Crippen LogP) is 3.53. The van der Waals surface area contributed by atoms with Gasteiger partial charge in [0.2, 0.25) is 0 Å². The molecular weight excluding hydrogens is 262 g/mol. The Balaban J connectivity index is 1.80. The fraction of sp³-hybridized carbons (Fsp3) is 0.444. The maximum Gasteiger partial charge on any atom is 0.313 e. The summed E-state index contributed by atoms with van der Waals surface area (Å²) in [7, 11) is 0. The van der Waals surface area contributed by atoms with E-state index in [4.69, 9.17) is 4.74 Å². The molecule has 1 saturated heterocycles. The van der Waals surface area contributed by atoms with E-state index in [0.717, 1.165) is 37.0 Å². The Morgan fingerprint density at radius 3 is 2.81 bits per heavy atom. The summed E-state index contributed by atoms with van der Waals surface area (Å²) in [5.74, 6) is 0.135. The van der Waals surface area contributed by atoms with Gasteiger partial charge in [-0.2, -0.15) is 0 Å². The van der Waals surface area contributed by atoms with Crippen molar-refractivity contribution in [3.63, 3.8) is 0 Å². The lowest BCUT2D eigenvalue weighted by Gasteiger charge is -2.37. The first-order valence-corrected chi connectivity index (χ1v) is 7.82. The molecule has 0 unspecified atom stereocenters. The summed E-state index contributed by atoms with van der Waals surface area (Å²) in [4.78, 5) is 17.1. The van der Waals surface area contributed by atoms with E-state index in [9.17, 15) is 4.79 Å². The van der Waals surface area contributed by atoms with Gasteiger partial charge in [0.05, 0.1) is 11.1 Å². The number of nitrogens with zero attached hydrogens (tertiary/aromatic N) is 1. The van der Waals surface area contributed by atoms with Crippen LogP contribution >= 0.6 is 0 Å². The third-order valence-electron chi connectivity index (χ3n) is 5.19. The van der Waals surface area contributed by atoms with Gasteiger partial charge in [0.25, 0.3) is 0 Å². The van der Waals surface area contributed by atoms with Crippen LogP contribution in [0.2, 0.25) is 0 Å². The van der Waals surface area contributed by atoms with Gasteiger partial charge in [0.15, 0.2) is 0 Å². The van der Waals surface area contributed by atoms with Crippen LogP contribution in [0.3, 0.4) is 0 Å². The molecule has 2 fully saturated rings.